The Hall–Kier alpha value is -2.46. The fraction of sp³-hybridized carbons (Fsp3) is 0.524. The Bertz CT molecular complexity index is 853. The van der Waals surface area contributed by atoms with Crippen LogP contribution in [0.5, 0.6) is 0 Å². The van der Waals surface area contributed by atoms with E-state index in [0.29, 0.717) is 10.9 Å². The first kappa shape index (κ1) is 24.8. The lowest BCUT2D eigenvalue weighted by molar-refractivity contribution is -0.298. The van der Waals surface area contributed by atoms with Crippen molar-refractivity contribution in [2.24, 2.45) is 0 Å². The Morgan fingerprint density at radius 1 is 0.839 bits per heavy atom. The molecule has 0 amide bonds. The van der Waals surface area contributed by atoms with Gasteiger partial charge in [0.2, 0.25) is 12.4 Å². The van der Waals surface area contributed by atoms with Crippen molar-refractivity contribution in [2.45, 2.75) is 70.7 Å². The number of carbonyl (C=O) groups excluding carboxylic acids is 4. The van der Waals surface area contributed by atoms with Crippen molar-refractivity contribution < 1.29 is 42.9 Å². The normalized spacial score (nSPS) is 25.3. The standard InChI is InChI=1S/C21H25BrO9/c1-10-6-7-15(8-16(10)9-22)17-18(27-11(2)23)19(28-12(3)24)20(29-13(4)25)21(31-17)30-14(5)26/h6-8,17-21H,9H2,1-5H3/t17?,18?,19-,20?,21?/m1/s1. The molecule has 4 unspecified atom stereocenters. The van der Waals surface area contributed by atoms with Crippen LogP contribution in [0.3, 0.4) is 0 Å². The summed E-state index contributed by atoms with van der Waals surface area (Å²) in [7, 11) is 0. The summed E-state index contributed by atoms with van der Waals surface area (Å²) >= 11 is 3.43. The average molecular weight is 501 g/mol. The van der Waals surface area contributed by atoms with E-state index in [9.17, 15) is 19.2 Å². The first-order valence-electron chi connectivity index (χ1n) is 9.53. The van der Waals surface area contributed by atoms with Crippen LogP contribution in [0.15, 0.2) is 18.2 Å². The monoisotopic (exact) mass is 500 g/mol. The van der Waals surface area contributed by atoms with Crippen LogP contribution in [-0.2, 0) is 48.2 Å². The van der Waals surface area contributed by atoms with Gasteiger partial charge in [-0.3, -0.25) is 19.2 Å². The van der Waals surface area contributed by atoms with E-state index in [1.54, 1.807) is 6.07 Å². The highest BCUT2D eigenvalue weighted by atomic mass is 79.9. The lowest BCUT2D eigenvalue weighted by Gasteiger charge is -2.44. The van der Waals surface area contributed by atoms with Crippen molar-refractivity contribution in [3.8, 4) is 0 Å². The molecule has 0 saturated carbocycles. The van der Waals surface area contributed by atoms with Crippen LogP contribution < -0.4 is 0 Å². The number of esters is 4. The van der Waals surface area contributed by atoms with Crippen molar-refractivity contribution in [1.82, 2.24) is 0 Å². The number of halogens is 1. The number of hydrogen-bond donors (Lipinski definition) is 0. The summed E-state index contributed by atoms with van der Waals surface area (Å²) in [4.78, 5) is 47.1. The number of benzene rings is 1. The van der Waals surface area contributed by atoms with Gasteiger partial charge in [0.25, 0.3) is 0 Å². The van der Waals surface area contributed by atoms with E-state index in [1.807, 2.05) is 19.1 Å². The highest BCUT2D eigenvalue weighted by Gasteiger charge is 2.53. The fourth-order valence-corrected chi connectivity index (χ4v) is 3.92. The van der Waals surface area contributed by atoms with Crippen LogP contribution in [-0.4, -0.2) is 48.5 Å². The Balaban J connectivity index is 2.60. The molecule has 170 valence electrons. The topological polar surface area (TPSA) is 114 Å². The minimum atomic E-state index is -1.39. The summed E-state index contributed by atoms with van der Waals surface area (Å²) in [6.45, 7) is 6.60. The molecule has 0 bridgehead atoms. The molecule has 1 aromatic rings. The van der Waals surface area contributed by atoms with Crippen LogP contribution in [0.4, 0.5) is 0 Å². The molecule has 1 aliphatic rings. The lowest BCUT2D eigenvalue weighted by atomic mass is 9.91. The minimum absolute atomic E-state index is 0.564. The van der Waals surface area contributed by atoms with Gasteiger partial charge in [-0.2, -0.15) is 0 Å². The molecular formula is C21H25BrO9. The summed E-state index contributed by atoms with van der Waals surface area (Å²) in [5, 5.41) is 0.564. The molecule has 0 radical (unpaired) electrons. The van der Waals surface area contributed by atoms with Crippen LogP contribution in [0.25, 0.3) is 0 Å². The van der Waals surface area contributed by atoms with E-state index >= 15 is 0 Å². The number of carbonyl (C=O) groups is 4. The van der Waals surface area contributed by atoms with Crippen molar-refractivity contribution in [2.75, 3.05) is 0 Å². The first-order valence-corrected chi connectivity index (χ1v) is 10.6. The Kier molecular flexibility index (Phi) is 8.58. The maximum absolute atomic E-state index is 11.9. The van der Waals surface area contributed by atoms with Gasteiger partial charge >= 0.3 is 23.9 Å². The van der Waals surface area contributed by atoms with Crippen molar-refractivity contribution in [1.29, 1.82) is 0 Å². The summed E-state index contributed by atoms with van der Waals surface area (Å²) < 4.78 is 27.3. The predicted octanol–water partition coefficient (Wildman–Crippen LogP) is 2.65. The van der Waals surface area contributed by atoms with Gasteiger partial charge in [-0.15, -0.1) is 0 Å². The van der Waals surface area contributed by atoms with Gasteiger partial charge < -0.3 is 23.7 Å². The zero-order valence-electron chi connectivity index (χ0n) is 17.9. The third-order valence-corrected chi connectivity index (χ3v) is 5.13. The van der Waals surface area contributed by atoms with Gasteiger partial charge in [0.15, 0.2) is 12.2 Å². The van der Waals surface area contributed by atoms with Gasteiger partial charge in [0, 0.05) is 33.0 Å². The van der Waals surface area contributed by atoms with Gasteiger partial charge in [0.05, 0.1) is 0 Å². The molecule has 1 heterocycles. The van der Waals surface area contributed by atoms with Crippen LogP contribution in [0.1, 0.15) is 50.5 Å². The molecule has 1 aliphatic heterocycles. The first-order chi connectivity index (χ1) is 14.5. The molecule has 0 spiro atoms. The van der Waals surface area contributed by atoms with Crippen molar-refractivity contribution in [3.63, 3.8) is 0 Å². The summed E-state index contributed by atoms with van der Waals surface area (Å²) in [6, 6.07) is 5.47. The molecule has 0 aliphatic carbocycles. The molecule has 31 heavy (non-hydrogen) atoms. The predicted molar refractivity (Wildman–Crippen MR) is 110 cm³/mol. The number of hydrogen-bond acceptors (Lipinski definition) is 9. The van der Waals surface area contributed by atoms with E-state index < -0.39 is 54.6 Å². The van der Waals surface area contributed by atoms with Crippen LogP contribution in [0.2, 0.25) is 0 Å². The molecular weight excluding hydrogens is 476 g/mol. The SMILES string of the molecule is CC(=O)OC1OC(c2ccc(C)c(CBr)c2)C(OC(C)=O)[C@@H](OC(C)=O)C1OC(C)=O. The zero-order chi connectivity index (χ0) is 23.3. The second-order valence-corrected chi connectivity index (χ2v) is 7.64. The van der Waals surface area contributed by atoms with E-state index in [1.165, 1.54) is 6.92 Å². The number of alkyl halides is 1. The molecule has 5 atom stereocenters. The minimum Gasteiger partial charge on any atom is -0.455 e. The summed E-state index contributed by atoms with van der Waals surface area (Å²) in [5.74, 6) is -2.78. The smallest absolute Gasteiger partial charge is 0.305 e. The Morgan fingerprint density at radius 2 is 1.35 bits per heavy atom. The molecule has 1 saturated heterocycles. The van der Waals surface area contributed by atoms with Crippen LogP contribution in [0, 0.1) is 6.92 Å². The second-order valence-electron chi connectivity index (χ2n) is 7.08. The quantitative estimate of drug-likeness (QED) is 0.330. The summed E-state index contributed by atoms with van der Waals surface area (Å²) in [5.41, 5.74) is 2.58. The highest BCUT2D eigenvalue weighted by Crippen LogP contribution is 2.38. The molecule has 1 fully saturated rings. The Morgan fingerprint density at radius 3 is 1.87 bits per heavy atom. The lowest BCUT2D eigenvalue weighted by Crippen LogP contribution is -2.59. The number of ether oxygens (including phenoxy) is 5. The average Bonchev–Trinajstić information content (AvgIpc) is 2.65. The fourth-order valence-electron chi connectivity index (χ4n) is 3.31. The molecule has 10 heteroatoms. The second kappa shape index (κ2) is 10.7. The third-order valence-electron chi connectivity index (χ3n) is 4.53. The van der Waals surface area contributed by atoms with Gasteiger partial charge in [0.1, 0.15) is 6.10 Å². The summed E-state index contributed by atoms with van der Waals surface area (Å²) in [6.07, 6.45) is -6.14. The molecule has 9 nitrogen and oxygen atoms in total. The van der Waals surface area contributed by atoms with Crippen molar-refractivity contribution >= 4 is 39.8 Å². The number of rotatable bonds is 6. The van der Waals surface area contributed by atoms with Gasteiger partial charge in [-0.25, -0.2) is 0 Å². The molecule has 2 rings (SSSR count). The van der Waals surface area contributed by atoms with E-state index in [-0.39, 0.29) is 0 Å². The molecule has 0 N–H and O–H groups in total. The van der Waals surface area contributed by atoms with Gasteiger partial charge in [-0.05, 0) is 23.6 Å². The van der Waals surface area contributed by atoms with E-state index in [0.717, 1.165) is 31.9 Å². The van der Waals surface area contributed by atoms with E-state index in [4.69, 9.17) is 23.7 Å². The Labute approximate surface area is 188 Å². The van der Waals surface area contributed by atoms with Crippen LogP contribution >= 0.6 is 15.9 Å². The highest BCUT2D eigenvalue weighted by molar-refractivity contribution is 9.08. The van der Waals surface area contributed by atoms with E-state index in [2.05, 4.69) is 15.9 Å². The van der Waals surface area contributed by atoms with Gasteiger partial charge in [-0.1, -0.05) is 34.1 Å². The molecule has 0 aromatic heterocycles. The number of aryl methyl sites for hydroxylation is 1. The largest absolute Gasteiger partial charge is 0.455 e. The molecule has 1 aromatic carbocycles. The zero-order valence-corrected chi connectivity index (χ0v) is 19.5. The third kappa shape index (κ3) is 6.51. The maximum Gasteiger partial charge on any atom is 0.305 e. The van der Waals surface area contributed by atoms with Crippen molar-refractivity contribution in [3.05, 3.63) is 34.9 Å². The maximum atomic E-state index is 11.9.